The van der Waals surface area contributed by atoms with Gasteiger partial charge in [0.25, 0.3) is 5.91 Å². The third kappa shape index (κ3) is 5.80. The first kappa shape index (κ1) is 28.0. The maximum Gasteiger partial charge on any atom is 0.418 e. The van der Waals surface area contributed by atoms with Crippen LogP contribution in [0, 0.1) is 6.92 Å². The highest BCUT2D eigenvalue weighted by Gasteiger charge is 2.35. The van der Waals surface area contributed by atoms with Gasteiger partial charge < -0.3 is 20.2 Å². The molecule has 0 fully saturated rings. The summed E-state index contributed by atoms with van der Waals surface area (Å²) in [6.45, 7) is 1.68. The summed E-state index contributed by atoms with van der Waals surface area (Å²) in [7, 11) is 0. The van der Waals surface area contributed by atoms with Crippen molar-refractivity contribution in [2.75, 3.05) is 10.7 Å². The number of aromatic nitrogens is 3. The normalized spacial score (nSPS) is 11.3. The lowest BCUT2D eigenvalue weighted by atomic mass is 10.1. The molecule has 0 saturated heterocycles. The standard InChI is InChI=1S/C29H23F3N6O4/c1-17-7-5-6-10-20(17)25(39)36-38-24-14-23(21(29(30,31)32)13-22(24)35-26(40)27(38)41)37-12-11-18(16-37)15-33-28(42)34-19-8-3-2-4-9-19/h2-14,16H,15H2,1H3,(H,35,40)(H,36,39)(H2,33,34,42). The summed E-state index contributed by atoms with van der Waals surface area (Å²) in [5.41, 5.74) is -0.152. The molecule has 0 spiro atoms. The van der Waals surface area contributed by atoms with Crippen LogP contribution in [0.25, 0.3) is 16.7 Å². The zero-order valence-corrected chi connectivity index (χ0v) is 22.0. The fraction of sp³-hybridized carbons (Fsp3) is 0.103. The van der Waals surface area contributed by atoms with Crippen molar-refractivity contribution in [2.24, 2.45) is 0 Å². The quantitative estimate of drug-likeness (QED) is 0.222. The van der Waals surface area contributed by atoms with E-state index < -0.39 is 34.8 Å². The number of rotatable bonds is 6. The van der Waals surface area contributed by atoms with E-state index in [-0.39, 0.29) is 28.8 Å². The molecule has 214 valence electrons. The largest absolute Gasteiger partial charge is 0.418 e. The van der Waals surface area contributed by atoms with Crippen LogP contribution in [0.3, 0.4) is 0 Å². The van der Waals surface area contributed by atoms with Crippen LogP contribution in [0.5, 0.6) is 0 Å². The number of hydrogen-bond donors (Lipinski definition) is 4. The molecule has 0 aliphatic heterocycles. The lowest BCUT2D eigenvalue weighted by Gasteiger charge is -2.18. The summed E-state index contributed by atoms with van der Waals surface area (Å²) >= 11 is 0. The van der Waals surface area contributed by atoms with E-state index in [4.69, 9.17) is 0 Å². The predicted octanol–water partition coefficient (Wildman–Crippen LogP) is 4.51. The van der Waals surface area contributed by atoms with Crippen LogP contribution in [-0.4, -0.2) is 26.2 Å². The van der Waals surface area contributed by atoms with Crippen LogP contribution < -0.4 is 27.2 Å². The molecular weight excluding hydrogens is 553 g/mol. The van der Waals surface area contributed by atoms with Crippen molar-refractivity contribution in [2.45, 2.75) is 19.6 Å². The number of carbonyl (C=O) groups excluding carboxylic acids is 2. The van der Waals surface area contributed by atoms with E-state index >= 15 is 0 Å². The highest BCUT2D eigenvalue weighted by molar-refractivity contribution is 6.01. The molecule has 3 amide bonds. The minimum absolute atomic E-state index is 0.00507. The molecule has 13 heteroatoms. The monoisotopic (exact) mass is 576 g/mol. The van der Waals surface area contributed by atoms with Crippen LogP contribution in [-0.2, 0) is 12.7 Å². The molecule has 4 N–H and O–H groups in total. The van der Waals surface area contributed by atoms with Gasteiger partial charge in [-0.2, -0.15) is 13.2 Å². The zero-order valence-electron chi connectivity index (χ0n) is 22.0. The third-order valence-electron chi connectivity index (χ3n) is 6.43. The second-order valence-electron chi connectivity index (χ2n) is 9.34. The van der Waals surface area contributed by atoms with Crippen LogP contribution >= 0.6 is 0 Å². The molecule has 0 unspecified atom stereocenters. The fourth-order valence-electron chi connectivity index (χ4n) is 4.36. The maximum atomic E-state index is 14.2. The summed E-state index contributed by atoms with van der Waals surface area (Å²) in [6.07, 6.45) is -2.09. The Morgan fingerprint density at radius 3 is 2.38 bits per heavy atom. The second kappa shape index (κ2) is 11.1. The summed E-state index contributed by atoms with van der Waals surface area (Å²) < 4.78 is 44.3. The molecule has 42 heavy (non-hydrogen) atoms. The van der Waals surface area contributed by atoms with Gasteiger partial charge >= 0.3 is 23.3 Å². The van der Waals surface area contributed by atoms with E-state index in [0.717, 1.165) is 6.07 Å². The molecule has 0 radical (unpaired) electrons. The number of fused-ring (bicyclic) bond motifs is 1. The van der Waals surface area contributed by atoms with E-state index in [0.29, 0.717) is 27.6 Å². The van der Waals surface area contributed by atoms with Gasteiger partial charge in [-0.05, 0) is 54.4 Å². The minimum atomic E-state index is -4.84. The Bertz CT molecular complexity index is 1930. The van der Waals surface area contributed by atoms with Crippen LogP contribution in [0.4, 0.5) is 23.7 Å². The molecule has 3 aromatic carbocycles. The van der Waals surface area contributed by atoms with E-state index in [1.54, 1.807) is 55.5 Å². The second-order valence-corrected chi connectivity index (χ2v) is 9.34. The van der Waals surface area contributed by atoms with Gasteiger partial charge in [-0.3, -0.25) is 19.8 Å². The number of halogens is 3. The predicted molar refractivity (Wildman–Crippen MR) is 150 cm³/mol. The number of para-hydroxylation sites is 1. The van der Waals surface area contributed by atoms with Gasteiger partial charge in [0.15, 0.2) is 0 Å². The number of anilines is 1. The Balaban J connectivity index is 1.51. The smallest absolute Gasteiger partial charge is 0.334 e. The number of aryl methyl sites for hydroxylation is 1. The van der Waals surface area contributed by atoms with Crippen LogP contribution in [0.1, 0.15) is 27.0 Å². The number of amides is 3. The molecule has 5 aromatic rings. The number of carbonyl (C=O) groups is 2. The maximum absolute atomic E-state index is 14.2. The van der Waals surface area contributed by atoms with Gasteiger partial charge in [-0.15, -0.1) is 0 Å². The van der Waals surface area contributed by atoms with Gasteiger partial charge in [-0.25, -0.2) is 9.47 Å². The first-order valence-corrected chi connectivity index (χ1v) is 12.6. The molecule has 0 saturated carbocycles. The average molecular weight is 577 g/mol. The van der Waals surface area contributed by atoms with Crippen LogP contribution in [0.2, 0.25) is 0 Å². The number of hydrogen-bond acceptors (Lipinski definition) is 4. The molecule has 0 aliphatic rings. The Morgan fingerprint density at radius 2 is 1.67 bits per heavy atom. The summed E-state index contributed by atoms with van der Waals surface area (Å²) in [6, 6.07) is 18.0. The highest BCUT2D eigenvalue weighted by atomic mass is 19.4. The van der Waals surface area contributed by atoms with E-state index in [1.165, 1.54) is 29.1 Å². The van der Waals surface area contributed by atoms with Crippen molar-refractivity contribution in [1.29, 1.82) is 0 Å². The first-order chi connectivity index (χ1) is 20.0. The number of aromatic amines is 1. The number of urea groups is 1. The molecule has 2 heterocycles. The van der Waals surface area contributed by atoms with Gasteiger partial charge in [0.1, 0.15) is 0 Å². The molecular formula is C29H23F3N6O4. The van der Waals surface area contributed by atoms with Crippen molar-refractivity contribution in [3.63, 3.8) is 0 Å². The Labute approximate surface area is 235 Å². The third-order valence-corrected chi connectivity index (χ3v) is 6.43. The van der Waals surface area contributed by atoms with E-state index in [9.17, 15) is 32.3 Å². The molecule has 0 aliphatic carbocycles. The average Bonchev–Trinajstić information content (AvgIpc) is 3.43. The molecule has 2 aromatic heterocycles. The Kier molecular flexibility index (Phi) is 7.40. The molecule has 0 atom stereocenters. The molecule has 10 nitrogen and oxygen atoms in total. The number of benzene rings is 3. The van der Waals surface area contributed by atoms with Crippen molar-refractivity contribution in [3.05, 3.63) is 128 Å². The number of nitrogens with one attached hydrogen (secondary N) is 4. The van der Waals surface area contributed by atoms with Gasteiger partial charge in [-0.1, -0.05) is 36.4 Å². The number of H-pyrrole nitrogens is 1. The van der Waals surface area contributed by atoms with Crippen molar-refractivity contribution in [1.82, 2.24) is 19.5 Å². The Hall–Kier alpha value is -5.59. The zero-order chi connectivity index (χ0) is 30.0. The van der Waals surface area contributed by atoms with E-state index in [2.05, 4.69) is 21.0 Å². The molecule has 5 rings (SSSR count). The van der Waals surface area contributed by atoms with Crippen molar-refractivity contribution in [3.8, 4) is 5.69 Å². The lowest BCUT2D eigenvalue weighted by Crippen LogP contribution is -2.42. The SMILES string of the molecule is Cc1ccccc1C(=O)Nn1c(=O)c(=O)[nH]c2cc(C(F)(F)F)c(-n3ccc(CNC(=O)Nc4ccccc4)c3)cc21. The number of alkyl halides is 3. The minimum Gasteiger partial charge on any atom is -0.334 e. The Morgan fingerprint density at radius 1 is 0.952 bits per heavy atom. The van der Waals surface area contributed by atoms with E-state index in [1.807, 2.05) is 0 Å². The van der Waals surface area contributed by atoms with Gasteiger partial charge in [0.05, 0.1) is 22.3 Å². The van der Waals surface area contributed by atoms with Crippen molar-refractivity contribution >= 4 is 28.7 Å². The van der Waals surface area contributed by atoms with Gasteiger partial charge in [0.2, 0.25) is 0 Å². The number of nitrogens with zero attached hydrogens (tertiary/aromatic N) is 2. The molecule has 0 bridgehead atoms. The summed E-state index contributed by atoms with van der Waals surface area (Å²) in [5.74, 6) is -0.730. The highest BCUT2D eigenvalue weighted by Crippen LogP contribution is 2.36. The summed E-state index contributed by atoms with van der Waals surface area (Å²) in [5, 5.41) is 5.28. The van der Waals surface area contributed by atoms with Gasteiger partial charge in [0, 0.05) is 30.2 Å². The van der Waals surface area contributed by atoms with Crippen LogP contribution in [0.15, 0.2) is 94.8 Å². The summed E-state index contributed by atoms with van der Waals surface area (Å²) in [4.78, 5) is 52.5. The lowest BCUT2D eigenvalue weighted by molar-refractivity contribution is -0.137. The topological polar surface area (TPSA) is 130 Å². The van der Waals surface area contributed by atoms with Crippen molar-refractivity contribution < 1.29 is 22.8 Å². The fourth-order valence-corrected chi connectivity index (χ4v) is 4.36. The first-order valence-electron chi connectivity index (χ1n) is 12.6.